The standard InChI is InChI=1S/C11H21IO2/c12-8-4-1-2-5-9-13-11-7-3-6-10-14-11/h11H,1-10H2/t11-/m0/s1. The zero-order chi connectivity index (χ0) is 10.1. The largest absolute Gasteiger partial charge is 0.353 e. The third kappa shape index (κ3) is 6.19. The van der Waals surface area contributed by atoms with Gasteiger partial charge in [-0.15, -0.1) is 0 Å². The average Bonchev–Trinajstić information content (AvgIpc) is 2.25. The van der Waals surface area contributed by atoms with Crippen LogP contribution in [-0.2, 0) is 9.47 Å². The fourth-order valence-corrected chi connectivity index (χ4v) is 2.15. The first-order chi connectivity index (χ1) is 6.93. The van der Waals surface area contributed by atoms with Gasteiger partial charge in [-0.1, -0.05) is 35.4 Å². The molecule has 1 atom stereocenters. The van der Waals surface area contributed by atoms with Crippen molar-refractivity contribution in [3.8, 4) is 0 Å². The Morgan fingerprint density at radius 2 is 2.00 bits per heavy atom. The molecule has 84 valence electrons. The van der Waals surface area contributed by atoms with Crippen molar-refractivity contribution in [1.29, 1.82) is 0 Å². The summed E-state index contributed by atoms with van der Waals surface area (Å²) in [6, 6.07) is 0. The summed E-state index contributed by atoms with van der Waals surface area (Å²) >= 11 is 2.43. The number of rotatable bonds is 7. The second-order valence-electron chi connectivity index (χ2n) is 3.77. The molecule has 14 heavy (non-hydrogen) atoms. The molecule has 0 aromatic heterocycles. The lowest BCUT2D eigenvalue weighted by Gasteiger charge is -2.22. The maximum Gasteiger partial charge on any atom is 0.157 e. The molecule has 1 rings (SSSR count). The first-order valence-corrected chi connectivity index (χ1v) is 7.25. The van der Waals surface area contributed by atoms with Gasteiger partial charge in [-0.25, -0.2) is 0 Å². The van der Waals surface area contributed by atoms with E-state index in [0.717, 1.165) is 19.6 Å². The highest BCUT2D eigenvalue weighted by Crippen LogP contribution is 2.14. The normalized spacial score (nSPS) is 22.5. The molecule has 1 fully saturated rings. The molecule has 1 aliphatic rings. The van der Waals surface area contributed by atoms with Crippen LogP contribution in [0.2, 0.25) is 0 Å². The predicted octanol–water partition coefficient (Wildman–Crippen LogP) is 3.53. The van der Waals surface area contributed by atoms with Crippen LogP contribution in [0.15, 0.2) is 0 Å². The van der Waals surface area contributed by atoms with Gasteiger partial charge in [0.15, 0.2) is 6.29 Å². The third-order valence-electron chi connectivity index (χ3n) is 2.47. The quantitative estimate of drug-likeness (QED) is 0.407. The molecule has 0 saturated carbocycles. The van der Waals surface area contributed by atoms with Gasteiger partial charge in [0.2, 0.25) is 0 Å². The molecule has 0 bridgehead atoms. The Kier molecular flexibility index (Phi) is 8.10. The van der Waals surface area contributed by atoms with E-state index in [1.54, 1.807) is 0 Å². The van der Waals surface area contributed by atoms with E-state index in [2.05, 4.69) is 22.6 Å². The minimum atomic E-state index is 0.105. The van der Waals surface area contributed by atoms with Crippen LogP contribution in [0.25, 0.3) is 0 Å². The molecular weight excluding hydrogens is 291 g/mol. The van der Waals surface area contributed by atoms with E-state index in [1.807, 2.05) is 0 Å². The second-order valence-corrected chi connectivity index (χ2v) is 4.85. The molecular formula is C11H21IO2. The number of alkyl halides is 1. The maximum absolute atomic E-state index is 5.64. The maximum atomic E-state index is 5.64. The van der Waals surface area contributed by atoms with Gasteiger partial charge in [0, 0.05) is 13.2 Å². The Labute approximate surface area is 101 Å². The average molecular weight is 312 g/mol. The Morgan fingerprint density at radius 1 is 1.14 bits per heavy atom. The summed E-state index contributed by atoms with van der Waals surface area (Å²) in [7, 11) is 0. The van der Waals surface area contributed by atoms with Crippen molar-refractivity contribution < 1.29 is 9.47 Å². The summed E-state index contributed by atoms with van der Waals surface area (Å²) < 4.78 is 12.4. The molecule has 1 heterocycles. The minimum absolute atomic E-state index is 0.105. The molecule has 3 heteroatoms. The highest BCUT2D eigenvalue weighted by atomic mass is 127. The molecule has 0 N–H and O–H groups in total. The van der Waals surface area contributed by atoms with E-state index in [4.69, 9.17) is 9.47 Å². The summed E-state index contributed by atoms with van der Waals surface area (Å²) in [5.41, 5.74) is 0. The SMILES string of the molecule is ICCCCCCO[C@@H]1CCCCO1. The monoisotopic (exact) mass is 312 g/mol. The summed E-state index contributed by atoms with van der Waals surface area (Å²) in [5.74, 6) is 0. The van der Waals surface area contributed by atoms with Crippen LogP contribution in [0.1, 0.15) is 44.9 Å². The van der Waals surface area contributed by atoms with Crippen molar-refractivity contribution in [2.75, 3.05) is 17.6 Å². The fourth-order valence-electron chi connectivity index (χ4n) is 1.61. The van der Waals surface area contributed by atoms with Gasteiger partial charge >= 0.3 is 0 Å². The van der Waals surface area contributed by atoms with Crippen molar-refractivity contribution in [1.82, 2.24) is 0 Å². The molecule has 0 aromatic rings. The van der Waals surface area contributed by atoms with E-state index in [1.165, 1.54) is 43.0 Å². The van der Waals surface area contributed by atoms with Gasteiger partial charge in [-0.3, -0.25) is 0 Å². The van der Waals surface area contributed by atoms with Crippen LogP contribution in [0.4, 0.5) is 0 Å². The predicted molar refractivity (Wildman–Crippen MR) is 66.9 cm³/mol. The highest BCUT2D eigenvalue weighted by Gasteiger charge is 2.12. The molecule has 0 aliphatic carbocycles. The number of unbranched alkanes of at least 4 members (excludes halogenated alkanes) is 3. The Morgan fingerprint density at radius 3 is 2.71 bits per heavy atom. The molecule has 0 aromatic carbocycles. The fraction of sp³-hybridized carbons (Fsp3) is 1.00. The Balaban J connectivity index is 1.82. The van der Waals surface area contributed by atoms with Crippen LogP contribution in [0.3, 0.4) is 0 Å². The topological polar surface area (TPSA) is 18.5 Å². The molecule has 0 unspecified atom stereocenters. The zero-order valence-corrected chi connectivity index (χ0v) is 11.0. The summed E-state index contributed by atoms with van der Waals surface area (Å²) in [6.07, 6.45) is 8.85. The van der Waals surface area contributed by atoms with E-state index in [9.17, 15) is 0 Å². The molecule has 2 nitrogen and oxygen atoms in total. The van der Waals surface area contributed by atoms with E-state index in [-0.39, 0.29) is 6.29 Å². The summed E-state index contributed by atoms with van der Waals surface area (Å²) in [5, 5.41) is 0. The first-order valence-electron chi connectivity index (χ1n) is 5.72. The van der Waals surface area contributed by atoms with Crippen LogP contribution < -0.4 is 0 Å². The van der Waals surface area contributed by atoms with E-state index >= 15 is 0 Å². The van der Waals surface area contributed by atoms with Gasteiger partial charge in [0.05, 0.1) is 0 Å². The van der Waals surface area contributed by atoms with Crippen molar-refractivity contribution >= 4 is 22.6 Å². The van der Waals surface area contributed by atoms with E-state index < -0.39 is 0 Å². The Bertz CT molecular complexity index is 124. The van der Waals surface area contributed by atoms with Gasteiger partial charge < -0.3 is 9.47 Å². The highest BCUT2D eigenvalue weighted by molar-refractivity contribution is 14.1. The lowest BCUT2D eigenvalue weighted by Crippen LogP contribution is -2.22. The number of hydrogen-bond acceptors (Lipinski definition) is 2. The van der Waals surface area contributed by atoms with Gasteiger partial charge in [-0.05, 0) is 36.5 Å². The number of hydrogen-bond donors (Lipinski definition) is 0. The summed E-state index contributed by atoms with van der Waals surface area (Å²) in [6.45, 7) is 1.77. The zero-order valence-electron chi connectivity index (χ0n) is 8.84. The lowest BCUT2D eigenvalue weighted by atomic mass is 10.2. The van der Waals surface area contributed by atoms with Crippen LogP contribution in [0, 0.1) is 0 Å². The van der Waals surface area contributed by atoms with Crippen molar-refractivity contribution in [3.05, 3.63) is 0 Å². The van der Waals surface area contributed by atoms with Gasteiger partial charge in [0.1, 0.15) is 0 Å². The van der Waals surface area contributed by atoms with Crippen molar-refractivity contribution in [3.63, 3.8) is 0 Å². The van der Waals surface area contributed by atoms with Crippen LogP contribution in [-0.4, -0.2) is 23.9 Å². The summed E-state index contributed by atoms with van der Waals surface area (Å²) in [4.78, 5) is 0. The molecule has 0 amide bonds. The molecule has 1 saturated heterocycles. The van der Waals surface area contributed by atoms with Gasteiger partial charge in [-0.2, -0.15) is 0 Å². The lowest BCUT2D eigenvalue weighted by molar-refractivity contribution is -0.162. The molecule has 0 radical (unpaired) electrons. The number of halogens is 1. The molecule has 1 aliphatic heterocycles. The number of ether oxygens (including phenoxy) is 2. The van der Waals surface area contributed by atoms with Gasteiger partial charge in [0.25, 0.3) is 0 Å². The minimum Gasteiger partial charge on any atom is -0.353 e. The van der Waals surface area contributed by atoms with Crippen LogP contribution >= 0.6 is 22.6 Å². The van der Waals surface area contributed by atoms with Crippen LogP contribution in [0.5, 0.6) is 0 Å². The van der Waals surface area contributed by atoms with E-state index in [0.29, 0.717) is 0 Å². The second kappa shape index (κ2) is 8.92. The Hall–Kier alpha value is 0.650. The third-order valence-corrected chi connectivity index (χ3v) is 3.23. The smallest absolute Gasteiger partial charge is 0.157 e. The van der Waals surface area contributed by atoms with Crippen molar-refractivity contribution in [2.24, 2.45) is 0 Å². The first kappa shape index (κ1) is 12.7. The van der Waals surface area contributed by atoms with Crippen molar-refractivity contribution in [2.45, 2.75) is 51.2 Å². The molecule has 0 spiro atoms.